The minimum absolute atomic E-state index is 0.107. The van der Waals surface area contributed by atoms with Crippen molar-refractivity contribution >= 4 is 10.0 Å². The van der Waals surface area contributed by atoms with Crippen molar-refractivity contribution in [2.45, 2.75) is 25.3 Å². The molecule has 1 aromatic heterocycles. The van der Waals surface area contributed by atoms with Crippen LogP contribution in [0.15, 0.2) is 57.9 Å². The SMILES string of the molecule is COc1ccc(-c2onc(C)c2C)cc1S(=O)(=O)N(CCN(C)C)Cc1ccccc1. The van der Waals surface area contributed by atoms with Crippen LogP contribution in [-0.2, 0) is 16.6 Å². The van der Waals surface area contributed by atoms with E-state index >= 15 is 0 Å². The first-order chi connectivity index (χ1) is 14.7. The minimum Gasteiger partial charge on any atom is -0.495 e. The van der Waals surface area contributed by atoms with Gasteiger partial charge in [-0.05, 0) is 51.7 Å². The molecule has 0 atom stereocenters. The Kier molecular flexibility index (Phi) is 7.15. The first kappa shape index (κ1) is 23.0. The van der Waals surface area contributed by atoms with Crippen LogP contribution in [0.5, 0.6) is 5.75 Å². The summed E-state index contributed by atoms with van der Waals surface area (Å²) in [5.74, 6) is 0.847. The second-order valence-electron chi connectivity index (χ2n) is 7.72. The van der Waals surface area contributed by atoms with Gasteiger partial charge in [0.15, 0.2) is 5.76 Å². The number of benzene rings is 2. The van der Waals surface area contributed by atoms with Crippen molar-refractivity contribution < 1.29 is 17.7 Å². The average molecular weight is 444 g/mol. The van der Waals surface area contributed by atoms with Crippen LogP contribution >= 0.6 is 0 Å². The fourth-order valence-corrected chi connectivity index (χ4v) is 4.83. The Labute approximate surface area is 184 Å². The van der Waals surface area contributed by atoms with Crippen molar-refractivity contribution in [1.29, 1.82) is 0 Å². The summed E-state index contributed by atoms with van der Waals surface area (Å²) in [6, 6.07) is 14.6. The van der Waals surface area contributed by atoms with Gasteiger partial charge in [0.1, 0.15) is 10.6 Å². The topological polar surface area (TPSA) is 75.9 Å². The molecule has 1 heterocycles. The van der Waals surface area contributed by atoms with Gasteiger partial charge in [0.05, 0.1) is 12.8 Å². The number of nitrogens with zero attached hydrogens (tertiary/aromatic N) is 3. The fourth-order valence-electron chi connectivity index (χ4n) is 3.23. The van der Waals surface area contributed by atoms with Crippen molar-refractivity contribution in [3.05, 3.63) is 65.4 Å². The summed E-state index contributed by atoms with van der Waals surface area (Å²) in [6.07, 6.45) is 0. The molecule has 2 aromatic carbocycles. The van der Waals surface area contributed by atoms with Crippen LogP contribution in [0.2, 0.25) is 0 Å². The molecule has 3 aromatic rings. The highest BCUT2D eigenvalue weighted by Crippen LogP contribution is 2.34. The number of ether oxygens (including phenoxy) is 1. The summed E-state index contributed by atoms with van der Waals surface area (Å²) in [5, 5.41) is 4.00. The molecule has 7 nitrogen and oxygen atoms in total. The number of sulfonamides is 1. The second kappa shape index (κ2) is 9.64. The maximum absolute atomic E-state index is 13.8. The molecule has 0 saturated carbocycles. The van der Waals surface area contributed by atoms with E-state index < -0.39 is 10.0 Å². The van der Waals surface area contributed by atoms with Gasteiger partial charge < -0.3 is 14.2 Å². The molecule has 3 rings (SSSR count). The zero-order valence-corrected chi connectivity index (χ0v) is 19.4. The predicted octanol–water partition coefficient (Wildman–Crippen LogP) is 3.72. The monoisotopic (exact) mass is 443 g/mol. The third-order valence-corrected chi connectivity index (χ3v) is 7.07. The molecule has 31 heavy (non-hydrogen) atoms. The lowest BCUT2D eigenvalue weighted by Crippen LogP contribution is -2.36. The molecule has 0 aliphatic rings. The number of hydrogen-bond donors (Lipinski definition) is 0. The Bertz CT molecular complexity index is 1120. The molecule has 166 valence electrons. The van der Waals surface area contributed by atoms with Crippen LogP contribution in [0.3, 0.4) is 0 Å². The van der Waals surface area contributed by atoms with E-state index in [-0.39, 0.29) is 11.4 Å². The summed E-state index contributed by atoms with van der Waals surface area (Å²) >= 11 is 0. The number of hydrogen-bond acceptors (Lipinski definition) is 6. The van der Waals surface area contributed by atoms with Gasteiger partial charge in [-0.2, -0.15) is 4.31 Å². The average Bonchev–Trinajstić information content (AvgIpc) is 3.09. The zero-order valence-electron chi connectivity index (χ0n) is 18.6. The number of rotatable bonds is 9. The van der Waals surface area contributed by atoms with Crippen LogP contribution in [0.1, 0.15) is 16.8 Å². The van der Waals surface area contributed by atoms with Crippen molar-refractivity contribution in [3.8, 4) is 17.1 Å². The van der Waals surface area contributed by atoms with Crippen LogP contribution in [-0.4, -0.2) is 57.1 Å². The third-order valence-electron chi connectivity index (χ3n) is 5.20. The molecule has 8 heteroatoms. The number of aryl methyl sites for hydroxylation is 1. The third kappa shape index (κ3) is 5.15. The van der Waals surface area contributed by atoms with Gasteiger partial charge in [-0.25, -0.2) is 8.42 Å². The molecule has 0 N–H and O–H groups in total. The van der Waals surface area contributed by atoms with E-state index in [0.29, 0.717) is 30.2 Å². The molecule has 0 amide bonds. The first-order valence-electron chi connectivity index (χ1n) is 10.0. The van der Waals surface area contributed by atoms with Gasteiger partial charge in [-0.1, -0.05) is 35.5 Å². The maximum atomic E-state index is 13.8. The molecule has 0 fully saturated rings. The maximum Gasteiger partial charge on any atom is 0.247 e. The number of methoxy groups -OCH3 is 1. The van der Waals surface area contributed by atoms with E-state index in [4.69, 9.17) is 9.26 Å². The molecule has 0 aliphatic carbocycles. The highest BCUT2D eigenvalue weighted by Gasteiger charge is 2.29. The Hall–Kier alpha value is -2.68. The quantitative estimate of drug-likeness (QED) is 0.502. The van der Waals surface area contributed by atoms with Crippen LogP contribution in [0.4, 0.5) is 0 Å². The smallest absolute Gasteiger partial charge is 0.247 e. The molecule has 0 unspecified atom stereocenters. The summed E-state index contributed by atoms with van der Waals surface area (Å²) in [5.41, 5.74) is 3.21. The van der Waals surface area contributed by atoms with Gasteiger partial charge >= 0.3 is 0 Å². The lowest BCUT2D eigenvalue weighted by atomic mass is 10.1. The molecule has 0 radical (unpaired) electrons. The number of likely N-dealkylation sites (N-methyl/N-ethyl adjacent to an activating group) is 1. The van der Waals surface area contributed by atoms with E-state index in [9.17, 15) is 8.42 Å². The first-order valence-corrected chi connectivity index (χ1v) is 11.5. The van der Waals surface area contributed by atoms with Gasteiger partial charge in [-0.15, -0.1) is 0 Å². The fraction of sp³-hybridized carbons (Fsp3) is 0.348. The van der Waals surface area contributed by atoms with Crippen molar-refractivity contribution in [2.75, 3.05) is 34.3 Å². The summed E-state index contributed by atoms with van der Waals surface area (Å²) in [4.78, 5) is 2.07. The van der Waals surface area contributed by atoms with Crippen LogP contribution in [0.25, 0.3) is 11.3 Å². The Balaban J connectivity index is 2.06. The molecule has 0 spiro atoms. The second-order valence-corrected chi connectivity index (χ2v) is 9.62. The molecular weight excluding hydrogens is 414 g/mol. The van der Waals surface area contributed by atoms with Crippen LogP contribution in [0, 0.1) is 13.8 Å². The van der Waals surface area contributed by atoms with E-state index in [1.54, 1.807) is 18.2 Å². The van der Waals surface area contributed by atoms with E-state index in [0.717, 1.165) is 16.8 Å². The molecule has 0 saturated heterocycles. The Morgan fingerprint density at radius 1 is 1.03 bits per heavy atom. The van der Waals surface area contributed by atoms with Crippen molar-refractivity contribution in [1.82, 2.24) is 14.4 Å². The molecule has 0 aliphatic heterocycles. The minimum atomic E-state index is -3.85. The van der Waals surface area contributed by atoms with Crippen molar-refractivity contribution in [2.24, 2.45) is 0 Å². The summed E-state index contributed by atoms with van der Waals surface area (Å²) in [6.45, 7) is 4.96. The van der Waals surface area contributed by atoms with Gasteiger partial charge in [0.2, 0.25) is 10.0 Å². The van der Waals surface area contributed by atoms with Crippen LogP contribution < -0.4 is 4.74 Å². The van der Waals surface area contributed by atoms with E-state index in [1.807, 2.05) is 63.2 Å². The summed E-state index contributed by atoms with van der Waals surface area (Å²) in [7, 11) is 1.46. The highest BCUT2D eigenvalue weighted by molar-refractivity contribution is 7.89. The Morgan fingerprint density at radius 2 is 1.74 bits per heavy atom. The highest BCUT2D eigenvalue weighted by atomic mass is 32.2. The van der Waals surface area contributed by atoms with Gasteiger partial charge in [0, 0.05) is 30.8 Å². The molecule has 0 bridgehead atoms. The summed E-state index contributed by atoms with van der Waals surface area (Å²) < 4.78 is 39.9. The van der Waals surface area contributed by atoms with Gasteiger partial charge in [-0.3, -0.25) is 0 Å². The standard InChI is InChI=1S/C23H29N3O4S/c1-17-18(2)24-30-23(17)20-11-12-21(29-5)22(15-20)31(27,28)26(14-13-25(3)4)16-19-9-7-6-8-10-19/h6-12,15H,13-14,16H2,1-5H3. The lowest BCUT2D eigenvalue weighted by molar-refractivity contribution is 0.327. The van der Waals surface area contributed by atoms with E-state index in [1.165, 1.54) is 11.4 Å². The van der Waals surface area contributed by atoms with Crippen molar-refractivity contribution in [3.63, 3.8) is 0 Å². The predicted molar refractivity (Wildman–Crippen MR) is 121 cm³/mol. The Morgan fingerprint density at radius 3 is 2.32 bits per heavy atom. The van der Waals surface area contributed by atoms with Gasteiger partial charge in [0.25, 0.3) is 0 Å². The lowest BCUT2D eigenvalue weighted by Gasteiger charge is -2.25. The largest absolute Gasteiger partial charge is 0.495 e. The normalized spacial score (nSPS) is 12.0. The van der Waals surface area contributed by atoms with E-state index in [2.05, 4.69) is 5.16 Å². The number of aromatic nitrogens is 1. The molecular formula is C23H29N3O4S. The zero-order chi connectivity index (χ0) is 22.6.